The van der Waals surface area contributed by atoms with Crippen LogP contribution in [0.15, 0.2) is 24.8 Å². The molecule has 0 aromatic carbocycles. The Morgan fingerprint density at radius 2 is 1.43 bits per heavy atom. The monoisotopic (exact) mass is 430 g/mol. The molecule has 0 radical (unpaired) electrons. The average Bonchev–Trinajstić information content (AvgIpc) is 3.25. The summed E-state index contributed by atoms with van der Waals surface area (Å²) >= 11 is 0. The van der Waals surface area contributed by atoms with E-state index in [2.05, 4.69) is 10.2 Å². The van der Waals surface area contributed by atoms with Crippen LogP contribution in [0.25, 0.3) is 0 Å². The molecule has 2 heterocycles. The molecule has 0 saturated heterocycles. The van der Waals surface area contributed by atoms with Crippen LogP contribution in [0.1, 0.15) is 55.9 Å². The predicted molar refractivity (Wildman–Crippen MR) is 117 cm³/mol. The fourth-order valence-electron chi connectivity index (χ4n) is 1.76. The van der Waals surface area contributed by atoms with Gasteiger partial charge in [-0.25, -0.2) is 0 Å². The Kier molecular flexibility index (Phi) is 12.1. The summed E-state index contributed by atoms with van der Waals surface area (Å²) in [5.41, 5.74) is 5.00. The highest BCUT2D eigenvalue weighted by molar-refractivity contribution is 5.31. The van der Waals surface area contributed by atoms with E-state index in [-0.39, 0.29) is 19.7 Å². The average molecular weight is 431 g/mol. The van der Waals surface area contributed by atoms with E-state index < -0.39 is 28.2 Å². The third-order valence-electron chi connectivity index (χ3n) is 4.61. The molecule has 0 fully saturated rings. The van der Waals surface area contributed by atoms with Gasteiger partial charge in [0, 0.05) is 12.8 Å². The number of nitrogen functional groups attached to an aromatic ring is 1. The molecule has 2 unspecified atom stereocenters. The molecule has 5 N–H and O–H groups in total. The summed E-state index contributed by atoms with van der Waals surface area (Å²) in [4.78, 5) is 9.89. The molecule has 2 rings (SSSR count). The number of aromatic nitrogens is 4. The second kappa shape index (κ2) is 12.3. The van der Waals surface area contributed by atoms with Crippen molar-refractivity contribution in [3.63, 3.8) is 0 Å². The van der Waals surface area contributed by atoms with Crippen LogP contribution in [0.3, 0.4) is 0 Å². The van der Waals surface area contributed by atoms with Crippen molar-refractivity contribution < 1.29 is 20.2 Å². The summed E-state index contributed by atoms with van der Waals surface area (Å²) in [7, 11) is 0. The van der Waals surface area contributed by atoms with Crippen LogP contribution in [-0.4, -0.2) is 58.6 Å². The highest BCUT2D eigenvalue weighted by Gasteiger charge is 2.28. The SMILES string of the molecule is C.CC(O)C(C)(C)n1cc(N)cn1.CC(O)C(C)(C)n1cc([N+](=O)[O-])cn1.CCO. The molecule has 0 bridgehead atoms. The second-order valence-electron chi connectivity index (χ2n) is 7.59. The van der Waals surface area contributed by atoms with Crippen LogP contribution >= 0.6 is 0 Å². The van der Waals surface area contributed by atoms with Crippen LogP contribution in [0, 0.1) is 10.1 Å². The zero-order chi connectivity index (χ0) is 23.0. The number of hydrogen-bond acceptors (Lipinski definition) is 8. The number of anilines is 1. The topological polar surface area (TPSA) is 165 Å². The molecule has 0 aliphatic rings. The van der Waals surface area contributed by atoms with Crippen molar-refractivity contribution in [2.75, 3.05) is 12.3 Å². The van der Waals surface area contributed by atoms with Crippen LogP contribution < -0.4 is 5.73 Å². The molecule has 0 aliphatic carbocycles. The predicted octanol–water partition coefficient (Wildman–Crippen LogP) is 2.12. The lowest BCUT2D eigenvalue weighted by molar-refractivity contribution is -0.385. The van der Waals surface area contributed by atoms with Gasteiger partial charge >= 0.3 is 5.69 Å². The van der Waals surface area contributed by atoms with Crippen molar-refractivity contribution in [2.24, 2.45) is 0 Å². The highest BCUT2D eigenvalue weighted by atomic mass is 16.6. The molecule has 0 spiro atoms. The van der Waals surface area contributed by atoms with Crippen LogP contribution in [0.5, 0.6) is 0 Å². The normalized spacial score (nSPS) is 13.0. The van der Waals surface area contributed by atoms with Crippen molar-refractivity contribution in [1.29, 1.82) is 0 Å². The number of rotatable bonds is 5. The number of nitrogens with zero attached hydrogens (tertiary/aromatic N) is 5. The minimum Gasteiger partial charge on any atom is -0.397 e. The molecule has 11 heteroatoms. The Balaban J connectivity index is 0. The van der Waals surface area contributed by atoms with E-state index in [9.17, 15) is 20.3 Å². The molecule has 2 atom stereocenters. The molecular weight excluding hydrogens is 392 g/mol. The van der Waals surface area contributed by atoms with Crippen LogP contribution in [0.2, 0.25) is 0 Å². The first-order chi connectivity index (χ1) is 13.2. The van der Waals surface area contributed by atoms with Gasteiger partial charge in [0.05, 0.1) is 40.1 Å². The Bertz CT molecular complexity index is 752. The maximum atomic E-state index is 10.4. The van der Waals surface area contributed by atoms with E-state index in [0.717, 1.165) is 0 Å². The number of aliphatic hydroxyl groups excluding tert-OH is 3. The Morgan fingerprint density at radius 1 is 1.07 bits per heavy atom. The van der Waals surface area contributed by atoms with Gasteiger partial charge < -0.3 is 21.1 Å². The lowest BCUT2D eigenvalue weighted by Gasteiger charge is -2.28. The van der Waals surface area contributed by atoms with Crippen molar-refractivity contribution in [1.82, 2.24) is 19.6 Å². The molecule has 30 heavy (non-hydrogen) atoms. The Morgan fingerprint density at radius 3 is 1.70 bits per heavy atom. The molecular formula is C19H38N6O5. The van der Waals surface area contributed by atoms with Crippen LogP contribution in [0.4, 0.5) is 11.4 Å². The first-order valence-corrected chi connectivity index (χ1v) is 9.18. The molecule has 2 aromatic heterocycles. The first-order valence-electron chi connectivity index (χ1n) is 9.18. The van der Waals surface area contributed by atoms with E-state index in [1.54, 1.807) is 51.7 Å². The van der Waals surface area contributed by atoms with Gasteiger partial charge in [-0.15, -0.1) is 0 Å². The van der Waals surface area contributed by atoms with Crippen molar-refractivity contribution in [3.05, 3.63) is 34.9 Å². The van der Waals surface area contributed by atoms with Gasteiger partial charge in [-0.3, -0.25) is 19.5 Å². The van der Waals surface area contributed by atoms with Crippen molar-refractivity contribution in [3.8, 4) is 0 Å². The largest absolute Gasteiger partial charge is 0.397 e. The lowest BCUT2D eigenvalue weighted by atomic mass is 9.99. The number of hydrogen-bond donors (Lipinski definition) is 4. The number of nitro groups is 1. The number of aliphatic hydroxyl groups is 3. The smallest absolute Gasteiger partial charge is 0.307 e. The fraction of sp³-hybridized carbons (Fsp3) is 0.684. The van der Waals surface area contributed by atoms with E-state index in [1.165, 1.54) is 17.1 Å². The highest BCUT2D eigenvalue weighted by Crippen LogP contribution is 2.21. The van der Waals surface area contributed by atoms with Gasteiger partial charge in [0.2, 0.25) is 0 Å². The van der Waals surface area contributed by atoms with Gasteiger partial charge in [-0.2, -0.15) is 10.2 Å². The summed E-state index contributed by atoms with van der Waals surface area (Å²) in [5, 5.41) is 44.7. The summed E-state index contributed by atoms with van der Waals surface area (Å²) in [6, 6.07) is 0. The summed E-state index contributed by atoms with van der Waals surface area (Å²) in [6.45, 7) is 12.6. The minimum absolute atomic E-state index is 0. The van der Waals surface area contributed by atoms with E-state index in [1.807, 2.05) is 13.8 Å². The van der Waals surface area contributed by atoms with Gasteiger partial charge in [0.25, 0.3) is 0 Å². The zero-order valence-electron chi connectivity index (χ0n) is 18.1. The summed E-state index contributed by atoms with van der Waals surface area (Å²) in [5.74, 6) is 0. The van der Waals surface area contributed by atoms with E-state index in [0.29, 0.717) is 5.69 Å². The Hall–Kier alpha value is -2.50. The summed E-state index contributed by atoms with van der Waals surface area (Å²) < 4.78 is 3.07. The van der Waals surface area contributed by atoms with Gasteiger partial charge in [-0.05, 0) is 48.5 Å². The standard InChI is InChI=1S/C8H13N3O3.C8H15N3O.C2H6O.CH4/c1-6(12)8(2,3)10-5-7(4-9-10)11(13)14;1-6(12)8(2,3)11-5-7(9)4-10-11;1-2-3;/h4-6,12H,1-3H3;4-6,12H,9H2,1-3H3;3H,2H2,1H3;1H4. The molecule has 174 valence electrons. The molecule has 2 aromatic rings. The second-order valence-corrected chi connectivity index (χ2v) is 7.59. The van der Waals surface area contributed by atoms with Gasteiger partial charge in [0.15, 0.2) is 0 Å². The zero-order valence-corrected chi connectivity index (χ0v) is 18.1. The quantitative estimate of drug-likeness (QED) is 0.413. The maximum Gasteiger partial charge on any atom is 0.307 e. The van der Waals surface area contributed by atoms with Crippen molar-refractivity contribution >= 4 is 11.4 Å². The van der Waals surface area contributed by atoms with E-state index in [4.69, 9.17) is 10.8 Å². The minimum atomic E-state index is -0.645. The third-order valence-corrected chi connectivity index (χ3v) is 4.61. The van der Waals surface area contributed by atoms with Gasteiger partial charge in [0.1, 0.15) is 12.4 Å². The third kappa shape index (κ3) is 8.09. The lowest BCUT2D eigenvalue weighted by Crippen LogP contribution is -2.37. The molecule has 11 nitrogen and oxygen atoms in total. The van der Waals surface area contributed by atoms with Gasteiger partial charge in [-0.1, -0.05) is 7.43 Å². The fourth-order valence-corrected chi connectivity index (χ4v) is 1.76. The first kappa shape index (κ1) is 29.7. The maximum absolute atomic E-state index is 10.4. The molecule has 0 amide bonds. The van der Waals surface area contributed by atoms with E-state index >= 15 is 0 Å². The Labute approximate surface area is 178 Å². The molecule has 0 saturated carbocycles. The summed E-state index contributed by atoms with van der Waals surface area (Å²) in [6.07, 6.45) is 4.67. The van der Waals surface area contributed by atoms with Crippen LogP contribution in [-0.2, 0) is 11.1 Å². The number of nitrogens with two attached hydrogens (primary N) is 1. The molecule has 0 aliphatic heterocycles. The van der Waals surface area contributed by atoms with Crippen molar-refractivity contribution in [2.45, 2.75) is 79.2 Å².